The van der Waals surface area contributed by atoms with Crippen molar-refractivity contribution in [3.8, 4) is 11.3 Å². The maximum absolute atomic E-state index is 12.3. The Labute approximate surface area is 144 Å². The van der Waals surface area contributed by atoms with Gasteiger partial charge >= 0.3 is 5.97 Å². The lowest BCUT2D eigenvalue weighted by molar-refractivity contribution is -0.139. The topological polar surface area (TPSA) is 87.2 Å². The summed E-state index contributed by atoms with van der Waals surface area (Å²) in [5.41, 5.74) is 2.68. The van der Waals surface area contributed by atoms with Crippen LogP contribution in [0.1, 0.15) is 27.4 Å². The van der Waals surface area contributed by atoms with Gasteiger partial charge in [-0.3, -0.25) is 9.48 Å². The monoisotopic (exact) mass is 339 g/mol. The van der Waals surface area contributed by atoms with Gasteiger partial charge in [0.15, 0.2) is 5.76 Å². The van der Waals surface area contributed by atoms with Crippen molar-refractivity contribution in [3.63, 3.8) is 0 Å². The highest BCUT2D eigenvalue weighted by Crippen LogP contribution is 2.20. The number of benzene rings is 1. The van der Waals surface area contributed by atoms with Gasteiger partial charge in [0, 0.05) is 24.4 Å². The predicted octanol–water partition coefficient (Wildman–Crippen LogP) is 2.62. The van der Waals surface area contributed by atoms with Crippen molar-refractivity contribution in [2.75, 3.05) is 0 Å². The molecule has 1 aromatic carbocycles. The molecular formula is C18H17N3O4. The van der Waals surface area contributed by atoms with Gasteiger partial charge in [0.2, 0.25) is 0 Å². The number of aryl methyl sites for hydroxylation is 2. The first-order chi connectivity index (χ1) is 12.0. The van der Waals surface area contributed by atoms with E-state index in [2.05, 4.69) is 10.3 Å². The lowest BCUT2D eigenvalue weighted by atomic mass is 10.1. The summed E-state index contributed by atoms with van der Waals surface area (Å²) in [4.78, 5) is 24.3. The fraction of sp³-hybridized carbons (Fsp3) is 0.222. The molecule has 0 fully saturated rings. The van der Waals surface area contributed by atoms with Crippen molar-refractivity contribution < 1.29 is 18.8 Å². The van der Waals surface area contributed by atoms with Crippen LogP contribution in [0.2, 0.25) is 0 Å². The van der Waals surface area contributed by atoms with Crippen LogP contribution in [0.4, 0.5) is 0 Å². The van der Waals surface area contributed by atoms with E-state index in [1.54, 1.807) is 31.6 Å². The van der Waals surface area contributed by atoms with Gasteiger partial charge in [0.25, 0.3) is 5.78 Å². The molecule has 25 heavy (non-hydrogen) atoms. The first-order valence-corrected chi connectivity index (χ1v) is 7.70. The lowest BCUT2D eigenvalue weighted by Gasteiger charge is -2.02. The predicted molar refractivity (Wildman–Crippen MR) is 88.7 cm³/mol. The van der Waals surface area contributed by atoms with E-state index in [-0.39, 0.29) is 12.2 Å². The molecule has 0 aliphatic rings. The molecule has 3 aromatic rings. The molecule has 0 unspecified atom stereocenters. The molecule has 0 bridgehead atoms. The maximum atomic E-state index is 12.3. The SMILES string of the molecule is Cc1nn(C)c(C)c1C(=O)C(=O)OCc1cc(-c2ccccc2)on1. The highest BCUT2D eigenvalue weighted by Gasteiger charge is 2.25. The number of ether oxygens (including phenoxy) is 1. The van der Waals surface area contributed by atoms with Gasteiger partial charge in [-0.2, -0.15) is 5.10 Å². The highest BCUT2D eigenvalue weighted by atomic mass is 16.5. The Morgan fingerprint density at radius 1 is 1.20 bits per heavy atom. The molecule has 7 heteroatoms. The van der Waals surface area contributed by atoms with Gasteiger partial charge in [0.1, 0.15) is 12.3 Å². The summed E-state index contributed by atoms with van der Waals surface area (Å²) in [7, 11) is 1.71. The van der Waals surface area contributed by atoms with Crippen molar-refractivity contribution in [1.82, 2.24) is 14.9 Å². The van der Waals surface area contributed by atoms with Gasteiger partial charge in [-0.1, -0.05) is 35.5 Å². The number of esters is 1. The van der Waals surface area contributed by atoms with Crippen LogP contribution in [0, 0.1) is 13.8 Å². The lowest BCUT2D eigenvalue weighted by Crippen LogP contribution is -2.19. The molecular weight excluding hydrogens is 322 g/mol. The van der Waals surface area contributed by atoms with E-state index in [0.717, 1.165) is 5.56 Å². The molecule has 128 valence electrons. The van der Waals surface area contributed by atoms with Gasteiger partial charge in [-0.25, -0.2) is 4.79 Å². The third-order valence-corrected chi connectivity index (χ3v) is 3.89. The number of Topliss-reactive ketones (excluding diaryl/α,β-unsaturated/α-hetero) is 1. The second-order valence-electron chi connectivity index (χ2n) is 5.62. The summed E-state index contributed by atoms with van der Waals surface area (Å²) in [5, 5.41) is 7.99. The zero-order chi connectivity index (χ0) is 18.0. The molecule has 0 aliphatic carbocycles. The number of carbonyl (C=O) groups is 2. The van der Waals surface area contributed by atoms with E-state index in [0.29, 0.717) is 22.8 Å². The van der Waals surface area contributed by atoms with Crippen molar-refractivity contribution in [3.05, 3.63) is 59.0 Å². The van der Waals surface area contributed by atoms with Crippen LogP contribution < -0.4 is 0 Å². The molecule has 7 nitrogen and oxygen atoms in total. The van der Waals surface area contributed by atoms with E-state index in [1.165, 1.54) is 0 Å². The number of rotatable bonds is 5. The fourth-order valence-corrected chi connectivity index (χ4v) is 2.53. The van der Waals surface area contributed by atoms with Crippen molar-refractivity contribution in [1.29, 1.82) is 0 Å². The van der Waals surface area contributed by atoms with E-state index in [1.807, 2.05) is 30.3 Å². The van der Waals surface area contributed by atoms with Gasteiger partial charge in [-0.15, -0.1) is 0 Å². The summed E-state index contributed by atoms with van der Waals surface area (Å²) in [6.07, 6.45) is 0. The van der Waals surface area contributed by atoms with E-state index in [4.69, 9.17) is 9.26 Å². The van der Waals surface area contributed by atoms with E-state index < -0.39 is 11.8 Å². The number of hydrogen-bond acceptors (Lipinski definition) is 6. The van der Waals surface area contributed by atoms with Crippen LogP contribution in [-0.4, -0.2) is 26.7 Å². The van der Waals surface area contributed by atoms with Crippen molar-refractivity contribution in [2.24, 2.45) is 7.05 Å². The minimum Gasteiger partial charge on any atom is -0.453 e. The Kier molecular flexibility index (Phi) is 4.47. The molecule has 0 N–H and O–H groups in total. The maximum Gasteiger partial charge on any atom is 0.380 e. The molecule has 0 radical (unpaired) electrons. The van der Waals surface area contributed by atoms with Crippen LogP contribution in [0.3, 0.4) is 0 Å². The van der Waals surface area contributed by atoms with Crippen LogP contribution in [-0.2, 0) is 23.2 Å². The number of nitrogens with zero attached hydrogens (tertiary/aromatic N) is 3. The van der Waals surface area contributed by atoms with Crippen molar-refractivity contribution >= 4 is 11.8 Å². The van der Waals surface area contributed by atoms with E-state index in [9.17, 15) is 9.59 Å². The Bertz CT molecular complexity index is 925. The van der Waals surface area contributed by atoms with Gasteiger partial charge < -0.3 is 9.26 Å². The van der Waals surface area contributed by atoms with Crippen molar-refractivity contribution in [2.45, 2.75) is 20.5 Å². The molecule has 0 aliphatic heterocycles. The van der Waals surface area contributed by atoms with Crippen LogP contribution >= 0.6 is 0 Å². The summed E-state index contributed by atoms with van der Waals surface area (Å²) < 4.78 is 11.9. The standard InChI is InChI=1S/C18H17N3O4/c1-11-16(12(2)21(3)19-11)17(22)18(23)24-10-14-9-15(25-20-14)13-7-5-4-6-8-13/h4-9H,10H2,1-3H3. The Morgan fingerprint density at radius 3 is 2.56 bits per heavy atom. The van der Waals surface area contributed by atoms with Gasteiger partial charge in [0.05, 0.1) is 11.3 Å². The third kappa shape index (κ3) is 3.35. The Hall–Kier alpha value is -3.22. The number of aromatic nitrogens is 3. The Morgan fingerprint density at radius 2 is 1.92 bits per heavy atom. The van der Waals surface area contributed by atoms with E-state index >= 15 is 0 Å². The summed E-state index contributed by atoms with van der Waals surface area (Å²) in [5.74, 6) is -1.09. The average Bonchev–Trinajstić information content (AvgIpc) is 3.18. The number of carbonyl (C=O) groups excluding carboxylic acids is 2. The normalized spacial score (nSPS) is 10.7. The molecule has 3 rings (SSSR count). The first kappa shape index (κ1) is 16.6. The molecule has 0 atom stereocenters. The molecule has 0 amide bonds. The van der Waals surface area contributed by atoms with Crippen LogP contribution in [0.5, 0.6) is 0 Å². The Balaban J connectivity index is 1.67. The molecule has 0 spiro atoms. The highest BCUT2D eigenvalue weighted by molar-refractivity contribution is 6.41. The molecule has 0 saturated heterocycles. The molecule has 2 aromatic heterocycles. The zero-order valence-electron chi connectivity index (χ0n) is 14.1. The quantitative estimate of drug-likeness (QED) is 0.403. The molecule has 0 saturated carbocycles. The summed E-state index contributed by atoms with van der Waals surface area (Å²) >= 11 is 0. The zero-order valence-corrected chi connectivity index (χ0v) is 14.1. The minimum atomic E-state index is -0.941. The minimum absolute atomic E-state index is 0.140. The summed E-state index contributed by atoms with van der Waals surface area (Å²) in [6, 6.07) is 11.1. The average molecular weight is 339 g/mol. The summed E-state index contributed by atoms with van der Waals surface area (Å²) in [6.45, 7) is 3.26. The van der Waals surface area contributed by atoms with Crippen LogP contribution in [0.25, 0.3) is 11.3 Å². The largest absolute Gasteiger partial charge is 0.453 e. The third-order valence-electron chi connectivity index (χ3n) is 3.89. The number of hydrogen-bond donors (Lipinski definition) is 0. The first-order valence-electron chi connectivity index (χ1n) is 7.70. The van der Waals surface area contributed by atoms with Gasteiger partial charge in [-0.05, 0) is 13.8 Å². The second kappa shape index (κ2) is 6.72. The smallest absolute Gasteiger partial charge is 0.380 e. The number of ketones is 1. The second-order valence-corrected chi connectivity index (χ2v) is 5.62. The fourth-order valence-electron chi connectivity index (χ4n) is 2.53. The molecule has 2 heterocycles. The van der Waals surface area contributed by atoms with Crippen LogP contribution in [0.15, 0.2) is 40.9 Å².